The molecule has 0 saturated heterocycles. The minimum atomic E-state index is -0.583. The van der Waals surface area contributed by atoms with Gasteiger partial charge in [-0.2, -0.15) is 0 Å². The first-order chi connectivity index (χ1) is 16.4. The normalized spacial score (nSPS) is 13.2. The molecule has 3 N–H and O–H groups in total. The second kappa shape index (κ2) is 17.5. The van der Waals surface area contributed by atoms with Crippen molar-refractivity contribution in [2.75, 3.05) is 33.0 Å². The lowest BCUT2D eigenvalue weighted by Gasteiger charge is -2.21. The first-order valence-electron chi connectivity index (χ1n) is 11.6. The Morgan fingerprint density at radius 2 is 1.74 bits per heavy atom. The predicted octanol–water partition coefficient (Wildman–Crippen LogP) is 2.18. The molecule has 188 valence electrons. The van der Waals surface area contributed by atoms with E-state index in [1.807, 2.05) is 30.3 Å². The summed E-state index contributed by atoms with van der Waals surface area (Å²) < 4.78 is 10.6. The molecule has 0 aliphatic heterocycles. The summed E-state index contributed by atoms with van der Waals surface area (Å²) in [4.78, 5) is 37.4. The SMILES string of the molecule is C=CC[C@@H](CC(=O)NCCOCCO)C(=O)N[C@@H](C)COC(=O)[C@H](CC=C)Cc1ccccc1. The van der Waals surface area contributed by atoms with Crippen LogP contribution in [0.3, 0.4) is 0 Å². The van der Waals surface area contributed by atoms with Crippen LogP contribution in [0, 0.1) is 11.8 Å². The molecule has 0 spiro atoms. The van der Waals surface area contributed by atoms with E-state index in [1.165, 1.54) is 0 Å². The summed E-state index contributed by atoms with van der Waals surface area (Å²) in [7, 11) is 0. The van der Waals surface area contributed by atoms with Crippen molar-refractivity contribution in [1.29, 1.82) is 0 Å². The number of hydrogen-bond donors (Lipinski definition) is 3. The van der Waals surface area contributed by atoms with Gasteiger partial charge < -0.3 is 25.2 Å². The number of aliphatic hydroxyl groups is 1. The molecule has 0 aromatic heterocycles. The van der Waals surface area contributed by atoms with Gasteiger partial charge in [0.15, 0.2) is 0 Å². The van der Waals surface area contributed by atoms with Crippen molar-refractivity contribution >= 4 is 17.8 Å². The van der Waals surface area contributed by atoms with Crippen LogP contribution < -0.4 is 10.6 Å². The third-order valence-corrected chi connectivity index (χ3v) is 5.03. The Labute approximate surface area is 202 Å². The molecule has 1 aromatic rings. The van der Waals surface area contributed by atoms with Gasteiger partial charge in [-0.15, -0.1) is 13.2 Å². The van der Waals surface area contributed by atoms with Crippen LogP contribution in [0.1, 0.15) is 31.7 Å². The molecule has 0 heterocycles. The fraction of sp³-hybridized carbons (Fsp3) is 0.500. The topological polar surface area (TPSA) is 114 Å². The third kappa shape index (κ3) is 12.3. The number of rotatable bonds is 18. The van der Waals surface area contributed by atoms with Gasteiger partial charge in [0.25, 0.3) is 0 Å². The summed E-state index contributed by atoms with van der Waals surface area (Å²) in [6.45, 7) is 9.87. The summed E-state index contributed by atoms with van der Waals surface area (Å²) in [6.07, 6.45) is 4.68. The van der Waals surface area contributed by atoms with Crippen LogP contribution in [0.5, 0.6) is 0 Å². The number of esters is 1. The maximum absolute atomic E-state index is 12.7. The first-order valence-corrected chi connectivity index (χ1v) is 11.6. The Balaban J connectivity index is 2.50. The van der Waals surface area contributed by atoms with Gasteiger partial charge in [-0.05, 0) is 31.7 Å². The molecular weight excluding hydrogens is 436 g/mol. The van der Waals surface area contributed by atoms with Gasteiger partial charge in [-0.3, -0.25) is 14.4 Å². The molecule has 3 atom stereocenters. The molecule has 1 rings (SSSR count). The van der Waals surface area contributed by atoms with Crippen LogP contribution in [0.25, 0.3) is 0 Å². The molecule has 0 saturated carbocycles. The zero-order valence-corrected chi connectivity index (χ0v) is 20.0. The van der Waals surface area contributed by atoms with Gasteiger partial charge in [0.2, 0.25) is 11.8 Å². The number of carbonyl (C=O) groups excluding carboxylic acids is 3. The summed E-state index contributed by atoms with van der Waals surface area (Å²) >= 11 is 0. The Morgan fingerprint density at radius 1 is 1.06 bits per heavy atom. The molecule has 2 amide bonds. The third-order valence-electron chi connectivity index (χ3n) is 5.03. The van der Waals surface area contributed by atoms with Crippen LogP contribution in [-0.2, 0) is 30.3 Å². The molecule has 0 radical (unpaired) electrons. The minimum absolute atomic E-state index is 0.00282. The molecule has 0 bridgehead atoms. The van der Waals surface area contributed by atoms with Crippen molar-refractivity contribution in [3.63, 3.8) is 0 Å². The molecule has 34 heavy (non-hydrogen) atoms. The van der Waals surface area contributed by atoms with Crippen molar-refractivity contribution in [2.24, 2.45) is 11.8 Å². The van der Waals surface area contributed by atoms with Gasteiger partial charge >= 0.3 is 5.97 Å². The highest BCUT2D eigenvalue weighted by Gasteiger charge is 2.24. The average molecular weight is 475 g/mol. The van der Waals surface area contributed by atoms with E-state index >= 15 is 0 Å². The maximum atomic E-state index is 12.7. The molecule has 8 nitrogen and oxygen atoms in total. The Kier molecular flexibility index (Phi) is 15.0. The molecule has 1 aromatic carbocycles. The van der Waals surface area contributed by atoms with E-state index < -0.39 is 12.0 Å². The minimum Gasteiger partial charge on any atom is -0.463 e. The second-order valence-electron chi connectivity index (χ2n) is 8.06. The smallest absolute Gasteiger partial charge is 0.309 e. The van der Waals surface area contributed by atoms with Crippen LogP contribution >= 0.6 is 0 Å². The molecule has 0 fully saturated rings. The van der Waals surface area contributed by atoms with Crippen molar-refractivity contribution in [3.05, 3.63) is 61.2 Å². The van der Waals surface area contributed by atoms with Crippen molar-refractivity contribution in [2.45, 2.75) is 38.6 Å². The fourth-order valence-corrected chi connectivity index (χ4v) is 3.30. The molecule has 0 aliphatic carbocycles. The highest BCUT2D eigenvalue weighted by atomic mass is 16.5. The zero-order chi connectivity index (χ0) is 25.2. The molecule has 8 heteroatoms. The summed E-state index contributed by atoms with van der Waals surface area (Å²) in [5, 5.41) is 14.2. The van der Waals surface area contributed by atoms with Crippen molar-refractivity contribution < 1.29 is 29.0 Å². The summed E-state index contributed by atoms with van der Waals surface area (Å²) in [5.74, 6) is -1.85. The van der Waals surface area contributed by atoms with E-state index in [0.717, 1.165) is 5.56 Å². The predicted molar refractivity (Wildman–Crippen MR) is 131 cm³/mol. The van der Waals surface area contributed by atoms with E-state index in [-0.39, 0.29) is 56.5 Å². The largest absolute Gasteiger partial charge is 0.463 e. The fourth-order valence-electron chi connectivity index (χ4n) is 3.30. The first kappa shape index (κ1) is 29.1. The number of amides is 2. The number of hydrogen-bond acceptors (Lipinski definition) is 6. The van der Waals surface area contributed by atoms with Crippen LogP contribution in [0.4, 0.5) is 0 Å². The quantitative estimate of drug-likeness (QED) is 0.171. The van der Waals surface area contributed by atoms with E-state index in [9.17, 15) is 14.4 Å². The van der Waals surface area contributed by atoms with Gasteiger partial charge in [0.05, 0.1) is 37.7 Å². The van der Waals surface area contributed by atoms with E-state index in [2.05, 4.69) is 23.8 Å². The lowest BCUT2D eigenvalue weighted by atomic mass is 9.96. The van der Waals surface area contributed by atoms with Crippen molar-refractivity contribution in [1.82, 2.24) is 10.6 Å². The molecule has 0 unspecified atom stereocenters. The average Bonchev–Trinajstić information content (AvgIpc) is 2.82. The van der Waals surface area contributed by atoms with Gasteiger partial charge in [0.1, 0.15) is 6.61 Å². The Bertz CT molecular complexity index is 768. The highest BCUT2D eigenvalue weighted by Crippen LogP contribution is 2.15. The number of benzene rings is 1. The lowest BCUT2D eigenvalue weighted by Crippen LogP contribution is -2.42. The highest BCUT2D eigenvalue weighted by molar-refractivity contribution is 5.86. The summed E-state index contributed by atoms with van der Waals surface area (Å²) in [6, 6.07) is 9.28. The number of ether oxygens (including phenoxy) is 2. The standard InChI is InChI=1S/C26H38N2O6/c1-4-9-22(18-24(30)27-13-15-33-16-14-29)25(31)28-20(3)19-34-26(32)23(10-5-2)17-21-11-7-6-8-12-21/h4-8,11-12,20,22-23,29H,1-2,9-10,13-19H2,3H3,(H,27,30)(H,28,31)/t20-,22-,23+/m0/s1. The van der Waals surface area contributed by atoms with Gasteiger partial charge in [-0.1, -0.05) is 42.5 Å². The number of carbonyl (C=O) groups is 3. The van der Waals surface area contributed by atoms with E-state index in [0.29, 0.717) is 25.8 Å². The Hall–Kier alpha value is -2.97. The van der Waals surface area contributed by atoms with E-state index in [1.54, 1.807) is 19.1 Å². The molecular formula is C26H38N2O6. The lowest BCUT2D eigenvalue weighted by molar-refractivity contribution is -0.149. The van der Waals surface area contributed by atoms with Crippen LogP contribution in [0.15, 0.2) is 55.6 Å². The molecule has 0 aliphatic rings. The number of aliphatic hydroxyl groups excluding tert-OH is 1. The Morgan fingerprint density at radius 3 is 2.38 bits per heavy atom. The zero-order valence-electron chi connectivity index (χ0n) is 20.0. The van der Waals surface area contributed by atoms with Crippen LogP contribution in [-0.4, -0.2) is 61.9 Å². The number of nitrogens with one attached hydrogen (secondary N) is 2. The monoisotopic (exact) mass is 474 g/mol. The number of allylic oxidation sites excluding steroid dienone is 2. The van der Waals surface area contributed by atoms with Gasteiger partial charge in [-0.25, -0.2) is 0 Å². The van der Waals surface area contributed by atoms with Crippen LogP contribution in [0.2, 0.25) is 0 Å². The van der Waals surface area contributed by atoms with Crippen molar-refractivity contribution in [3.8, 4) is 0 Å². The summed E-state index contributed by atoms with van der Waals surface area (Å²) in [5.41, 5.74) is 1.04. The second-order valence-corrected chi connectivity index (χ2v) is 8.06. The maximum Gasteiger partial charge on any atom is 0.309 e. The van der Waals surface area contributed by atoms with E-state index in [4.69, 9.17) is 14.6 Å². The van der Waals surface area contributed by atoms with Gasteiger partial charge in [0, 0.05) is 13.0 Å².